The van der Waals surface area contributed by atoms with E-state index in [2.05, 4.69) is 62.4 Å². The van der Waals surface area contributed by atoms with Gasteiger partial charge in [-0.15, -0.1) is 0 Å². The van der Waals surface area contributed by atoms with Gasteiger partial charge in [0.1, 0.15) is 0 Å². The van der Waals surface area contributed by atoms with E-state index < -0.39 is 0 Å². The fourth-order valence-electron chi connectivity index (χ4n) is 3.14. The summed E-state index contributed by atoms with van der Waals surface area (Å²) in [6.45, 7) is 4.44. The van der Waals surface area contributed by atoms with Crippen LogP contribution in [0.1, 0.15) is 37.8 Å². The van der Waals surface area contributed by atoms with Gasteiger partial charge in [0.25, 0.3) is 0 Å². The summed E-state index contributed by atoms with van der Waals surface area (Å²) in [4.78, 5) is 0. The maximum Gasteiger partial charge on any atom is -0.00165 e. The molecule has 1 aliphatic rings. The minimum absolute atomic E-state index is 1.08. The van der Waals surface area contributed by atoms with E-state index in [1.54, 1.807) is 0 Å². The van der Waals surface area contributed by atoms with Gasteiger partial charge in [0.05, 0.1) is 0 Å². The van der Waals surface area contributed by atoms with Gasteiger partial charge >= 0.3 is 0 Å². The molecule has 1 aliphatic carbocycles. The summed E-state index contributed by atoms with van der Waals surface area (Å²) in [5.41, 5.74) is 5.84. The van der Waals surface area contributed by atoms with Crippen molar-refractivity contribution in [3.63, 3.8) is 0 Å². The lowest BCUT2D eigenvalue weighted by atomic mass is 9.81. The third-order valence-corrected chi connectivity index (χ3v) is 3.87. The fraction of sp³-hybridized carbons (Fsp3) is 0.263. The summed E-state index contributed by atoms with van der Waals surface area (Å²) < 4.78 is 0. The second-order valence-electron chi connectivity index (χ2n) is 5.16. The third kappa shape index (κ3) is 2.02. The lowest BCUT2D eigenvalue weighted by Gasteiger charge is -2.23. The van der Waals surface area contributed by atoms with E-state index in [1.807, 2.05) is 0 Å². The van der Waals surface area contributed by atoms with Crippen LogP contribution in [0.3, 0.4) is 0 Å². The molecule has 0 heterocycles. The van der Waals surface area contributed by atoms with Gasteiger partial charge < -0.3 is 0 Å². The van der Waals surface area contributed by atoms with Gasteiger partial charge in [-0.05, 0) is 52.3 Å². The number of rotatable bonds is 2. The molecule has 2 aromatic carbocycles. The summed E-state index contributed by atoms with van der Waals surface area (Å²) in [7, 11) is 0. The van der Waals surface area contributed by atoms with Crippen LogP contribution in [0, 0.1) is 0 Å². The van der Waals surface area contributed by atoms with Gasteiger partial charge in [-0.2, -0.15) is 0 Å². The van der Waals surface area contributed by atoms with E-state index in [9.17, 15) is 0 Å². The van der Waals surface area contributed by atoms with E-state index in [1.165, 1.54) is 33.0 Å². The van der Waals surface area contributed by atoms with Gasteiger partial charge in [0, 0.05) is 0 Å². The predicted octanol–water partition coefficient (Wildman–Crippen LogP) is 5.53. The van der Waals surface area contributed by atoms with Crippen molar-refractivity contribution in [1.82, 2.24) is 0 Å². The van der Waals surface area contributed by atoms with Crippen molar-refractivity contribution in [2.75, 3.05) is 0 Å². The van der Waals surface area contributed by atoms with Crippen molar-refractivity contribution in [1.29, 1.82) is 0 Å². The Hall–Kier alpha value is -1.82. The molecule has 0 bridgehead atoms. The van der Waals surface area contributed by atoms with Crippen LogP contribution in [0.25, 0.3) is 16.3 Å². The Kier molecular flexibility index (Phi) is 3.25. The number of hydrogen-bond acceptors (Lipinski definition) is 0. The molecule has 0 heteroatoms. The van der Waals surface area contributed by atoms with Crippen LogP contribution in [-0.4, -0.2) is 0 Å². The van der Waals surface area contributed by atoms with E-state index in [-0.39, 0.29) is 0 Å². The molecule has 96 valence electrons. The first-order valence-electron chi connectivity index (χ1n) is 7.25. The van der Waals surface area contributed by atoms with Crippen LogP contribution < -0.4 is 0 Å². The van der Waals surface area contributed by atoms with Gasteiger partial charge in [-0.25, -0.2) is 0 Å². The maximum absolute atomic E-state index is 2.39. The topological polar surface area (TPSA) is 0 Å². The van der Waals surface area contributed by atoms with Gasteiger partial charge in [0.2, 0.25) is 0 Å². The Morgan fingerprint density at radius 2 is 1.68 bits per heavy atom. The molecule has 0 nitrogen and oxygen atoms in total. The lowest BCUT2D eigenvalue weighted by molar-refractivity contribution is 1.12. The minimum Gasteiger partial charge on any atom is -0.0806 e. The van der Waals surface area contributed by atoms with E-state index >= 15 is 0 Å². The third-order valence-electron chi connectivity index (χ3n) is 3.87. The largest absolute Gasteiger partial charge is 0.0806 e. The first kappa shape index (κ1) is 12.2. The summed E-state index contributed by atoms with van der Waals surface area (Å²) in [6.07, 6.45) is 8.04. The highest BCUT2D eigenvalue weighted by Gasteiger charge is 2.19. The molecule has 0 aliphatic heterocycles. The number of allylic oxidation sites excluding steroid dienone is 4. The summed E-state index contributed by atoms with van der Waals surface area (Å²) in [5.74, 6) is 0. The first-order valence-corrected chi connectivity index (χ1v) is 7.25. The van der Waals surface area contributed by atoms with Crippen LogP contribution >= 0.6 is 0 Å². The molecule has 0 fully saturated rings. The highest BCUT2D eigenvalue weighted by atomic mass is 14.2. The Balaban J connectivity index is 2.33. The molecule has 0 N–H and O–H groups in total. The Morgan fingerprint density at radius 3 is 2.42 bits per heavy atom. The van der Waals surface area contributed by atoms with Crippen molar-refractivity contribution < 1.29 is 0 Å². The molecule has 0 saturated heterocycles. The Bertz CT molecular complexity index is 666. The average Bonchev–Trinajstić information content (AvgIpc) is 2.43. The molecular formula is C19H20. The predicted molar refractivity (Wildman–Crippen MR) is 84.3 cm³/mol. The first-order chi connectivity index (χ1) is 9.35. The smallest absolute Gasteiger partial charge is 0.00165 e. The van der Waals surface area contributed by atoms with Gasteiger partial charge in [-0.1, -0.05) is 62.4 Å². The fourth-order valence-corrected chi connectivity index (χ4v) is 3.14. The summed E-state index contributed by atoms with van der Waals surface area (Å²) in [6, 6.07) is 13.4. The van der Waals surface area contributed by atoms with E-state index in [4.69, 9.17) is 0 Å². The zero-order valence-corrected chi connectivity index (χ0v) is 11.7. The second kappa shape index (κ2) is 5.05. The lowest BCUT2D eigenvalue weighted by Crippen LogP contribution is -2.04. The molecule has 0 radical (unpaired) electrons. The highest BCUT2D eigenvalue weighted by Crippen LogP contribution is 2.39. The molecule has 0 spiro atoms. The second-order valence-corrected chi connectivity index (χ2v) is 5.16. The molecular weight excluding hydrogens is 228 g/mol. The summed E-state index contributed by atoms with van der Waals surface area (Å²) >= 11 is 0. The van der Waals surface area contributed by atoms with Crippen molar-refractivity contribution in [3.8, 4) is 0 Å². The van der Waals surface area contributed by atoms with Crippen LogP contribution in [0.4, 0.5) is 0 Å². The molecule has 19 heavy (non-hydrogen) atoms. The highest BCUT2D eigenvalue weighted by molar-refractivity contribution is 6.02. The number of benzene rings is 2. The molecule has 0 aromatic heterocycles. The summed E-state index contributed by atoms with van der Waals surface area (Å²) in [5, 5.41) is 2.82. The molecule has 0 amide bonds. The van der Waals surface area contributed by atoms with E-state index in [0.717, 1.165) is 19.3 Å². The van der Waals surface area contributed by atoms with Crippen molar-refractivity contribution >= 4 is 16.3 Å². The Morgan fingerprint density at radius 1 is 0.947 bits per heavy atom. The standard InChI is InChI=1S/C19H20/c1-3-7-15-13-16-11-5-9-14-10-6-12-18(19(14)16)17(15)8-4-2/h5-12H,3-4,13H2,1-2H3. The monoisotopic (exact) mass is 248 g/mol. The van der Waals surface area contributed by atoms with Gasteiger partial charge in [0.15, 0.2) is 0 Å². The van der Waals surface area contributed by atoms with Crippen LogP contribution in [0.2, 0.25) is 0 Å². The maximum atomic E-state index is 2.39. The SMILES string of the molecule is CCC=C1Cc2cccc3cccc(c23)C1=CCC. The van der Waals surface area contributed by atoms with Crippen molar-refractivity contribution in [3.05, 3.63) is 65.3 Å². The van der Waals surface area contributed by atoms with Gasteiger partial charge in [-0.3, -0.25) is 0 Å². The molecule has 3 rings (SSSR count). The van der Waals surface area contributed by atoms with Crippen LogP contribution in [0.5, 0.6) is 0 Å². The van der Waals surface area contributed by atoms with Crippen LogP contribution in [-0.2, 0) is 6.42 Å². The minimum atomic E-state index is 1.08. The molecule has 0 atom stereocenters. The Labute approximate surface area is 115 Å². The zero-order valence-electron chi connectivity index (χ0n) is 11.7. The average molecular weight is 248 g/mol. The quantitative estimate of drug-likeness (QED) is 0.656. The van der Waals surface area contributed by atoms with Crippen molar-refractivity contribution in [2.24, 2.45) is 0 Å². The van der Waals surface area contributed by atoms with Crippen LogP contribution in [0.15, 0.2) is 54.1 Å². The zero-order chi connectivity index (χ0) is 13.2. The molecule has 2 aromatic rings. The van der Waals surface area contributed by atoms with Crippen molar-refractivity contribution in [2.45, 2.75) is 33.1 Å². The van der Waals surface area contributed by atoms with E-state index in [0.29, 0.717) is 0 Å². The molecule has 0 unspecified atom stereocenters. The number of hydrogen-bond donors (Lipinski definition) is 0. The molecule has 0 saturated carbocycles. The normalized spacial score (nSPS) is 18.4.